The molecule has 21 heavy (non-hydrogen) atoms. The van der Waals surface area contributed by atoms with E-state index in [-0.39, 0.29) is 11.3 Å². The zero-order valence-electron chi connectivity index (χ0n) is 10.6. The molecule has 1 amide bonds. The molecule has 0 aliphatic rings. The summed E-state index contributed by atoms with van der Waals surface area (Å²) in [6, 6.07) is 10.4. The predicted octanol–water partition coefficient (Wildman–Crippen LogP) is 2.98. The first-order chi connectivity index (χ1) is 10.1. The van der Waals surface area contributed by atoms with E-state index in [1.165, 1.54) is 18.2 Å². The number of nitrogens with zero attached hydrogens (tertiary/aromatic N) is 2. The second kappa shape index (κ2) is 6.29. The number of amides is 1. The Morgan fingerprint density at radius 1 is 1.05 bits per heavy atom. The van der Waals surface area contributed by atoms with Crippen molar-refractivity contribution >= 4 is 29.4 Å². The number of carboxylic acid groups (broad SMARTS) is 1. The third-order valence-corrected chi connectivity index (χ3v) is 2.55. The summed E-state index contributed by atoms with van der Waals surface area (Å²) in [5, 5.41) is 28.5. The van der Waals surface area contributed by atoms with Crippen LogP contribution in [0.5, 0.6) is 5.75 Å². The second-order valence-corrected chi connectivity index (χ2v) is 3.98. The monoisotopic (exact) mass is 284 g/mol. The topological polar surface area (TPSA) is 111 Å². The molecule has 0 atom stereocenters. The van der Waals surface area contributed by atoms with Gasteiger partial charge in [0.2, 0.25) is 0 Å². The molecule has 7 nitrogen and oxygen atoms in total. The lowest BCUT2D eigenvalue weighted by Gasteiger charge is -2.00. The van der Waals surface area contributed by atoms with Crippen molar-refractivity contribution in [1.82, 2.24) is 0 Å². The highest BCUT2D eigenvalue weighted by atomic mass is 16.4. The second-order valence-electron chi connectivity index (χ2n) is 3.98. The van der Waals surface area contributed by atoms with Crippen LogP contribution in [0.25, 0.3) is 0 Å². The van der Waals surface area contributed by atoms with Gasteiger partial charge in [0.25, 0.3) is 0 Å². The van der Waals surface area contributed by atoms with Crippen LogP contribution in [0.2, 0.25) is 0 Å². The molecule has 0 spiro atoms. The highest BCUT2D eigenvalue weighted by Crippen LogP contribution is 2.25. The van der Waals surface area contributed by atoms with Crippen LogP contribution in [-0.4, -0.2) is 22.6 Å². The highest BCUT2D eigenvalue weighted by molar-refractivity contribution is 5.91. The summed E-state index contributed by atoms with van der Waals surface area (Å²) < 4.78 is 0. The first-order valence-corrected chi connectivity index (χ1v) is 5.81. The SMILES string of the molecule is O=[C]Nc1ccc(/N=N/c2ccc(O)c(C(=O)O)c2)cc1. The van der Waals surface area contributed by atoms with Crippen LogP contribution in [0.3, 0.4) is 0 Å². The number of anilines is 1. The van der Waals surface area contributed by atoms with E-state index in [9.17, 15) is 14.7 Å². The minimum absolute atomic E-state index is 0.243. The molecular weight excluding hydrogens is 274 g/mol. The van der Waals surface area contributed by atoms with E-state index in [2.05, 4.69) is 15.5 Å². The molecule has 105 valence electrons. The molecule has 0 heterocycles. The Balaban J connectivity index is 2.19. The van der Waals surface area contributed by atoms with Crippen molar-refractivity contribution in [2.24, 2.45) is 10.2 Å². The van der Waals surface area contributed by atoms with Gasteiger partial charge in [-0.2, -0.15) is 10.2 Å². The zero-order chi connectivity index (χ0) is 15.2. The summed E-state index contributed by atoms with van der Waals surface area (Å²) in [6.07, 6.45) is 1.55. The van der Waals surface area contributed by atoms with Gasteiger partial charge in [-0.3, -0.25) is 4.79 Å². The minimum Gasteiger partial charge on any atom is -0.507 e. The molecule has 0 bridgehead atoms. The predicted molar refractivity (Wildman–Crippen MR) is 75.0 cm³/mol. The first kappa shape index (κ1) is 14.2. The average Bonchev–Trinajstić information content (AvgIpc) is 2.48. The Morgan fingerprint density at radius 3 is 2.29 bits per heavy atom. The number of phenols is 1. The van der Waals surface area contributed by atoms with E-state index < -0.39 is 5.97 Å². The molecule has 0 unspecified atom stereocenters. The number of azo groups is 1. The van der Waals surface area contributed by atoms with Crippen molar-refractivity contribution in [3.8, 4) is 5.75 Å². The summed E-state index contributed by atoms with van der Waals surface area (Å²) in [7, 11) is 0. The summed E-state index contributed by atoms with van der Waals surface area (Å²) in [4.78, 5) is 21.0. The molecular formula is C14H10N3O4. The first-order valence-electron chi connectivity index (χ1n) is 5.81. The van der Waals surface area contributed by atoms with Crippen LogP contribution >= 0.6 is 0 Å². The number of aromatic carboxylic acids is 1. The fourth-order valence-electron chi connectivity index (χ4n) is 1.54. The Kier molecular flexibility index (Phi) is 4.25. The number of carbonyl (C=O) groups is 1. The van der Waals surface area contributed by atoms with E-state index in [4.69, 9.17) is 5.11 Å². The average molecular weight is 284 g/mol. The van der Waals surface area contributed by atoms with Gasteiger partial charge in [-0.25, -0.2) is 4.79 Å². The number of carbonyl (C=O) groups excluding carboxylic acids is 1. The van der Waals surface area contributed by atoms with Gasteiger partial charge in [-0.05, 0) is 42.5 Å². The zero-order valence-corrected chi connectivity index (χ0v) is 10.6. The number of hydrogen-bond donors (Lipinski definition) is 3. The molecule has 3 N–H and O–H groups in total. The van der Waals surface area contributed by atoms with Gasteiger partial charge in [0.05, 0.1) is 11.4 Å². The van der Waals surface area contributed by atoms with Crippen molar-refractivity contribution in [3.63, 3.8) is 0 Å². The van der Waals surface area contributed by atoms with Gasteiger partial charge < -0.3 is 15.5 Å². The fourth-order valence-corrected chi connectivity index (χ4v) is 1.54. The van der Waals surface area contributed by atoms with Gasteiger partial charge in [0.1, 0.15) is 11.3 Å². The van der Waals surface area contributed by atoms with Crippen molar-refractivity contribution in [1.29, 1.82) is 0 Å². The number of hydrogen-bond acceptors (Lipinski definition) is 5. The number of rotatable bonds is 5. The minimum atomic E-state index is -1.25. The normalized spacial score (nSPS) is 10.5. The van der Waals surface area contributed by atoms with Gasteiger partial charge in [-0.15, -0.1) is 0 Å². The number of aromatic hydroxyl groups is 1. The number of benzene rings is 2. The Hall–Kier alpha value is -3.22. The van der Waals surface area contributed by atoms with Crippen LogP contribution in [0.1, 0.15) is 10.4 Å². The molecule has 0 fully saturated rings. The smallest absolute Gasteiger partial charge is 0.339 e. The highest BCUT2D eigenvalue weighted by Gasteiger charge is 2.09. The van der Waals surface area contributed by atoms with E-state index in [0.29, 0.717) is 17.1 Å². The van der Waals surface area contributed by atoms with Gasteiger partial charge in [0, 0.05) is 5.69 Å². The third-order valence-electron chi connectivity index (χ3n) is 2.55. The Bertz CT molecular complexity index is 696. The molecule has 0 aliphatic heterocycles. The number of carboxylic acids is 1. The van der Waals surface area contributed by atoms with E-state index in [0.717, 1.165) is 0 Å². The van der Waals surface area contributed by atoms with Gasteiger partial charge in [0.15, 0.2) is 0 Å². The maximum absolute atomic E-state index is 10.9. The van der Waals surface area contributed by atoms with Crippen molar-refractivity contribution in [2.45, 2.75) is 0 Å². The van der Waals surface area contributed by atoms with Crippen LogP contribution in [0.15, 0.2) is 52.7 Å². The third kappa shape index (κ3) is 3.63. The lowest BCUT2D eigenvalue weighted by Crippen LogP contribution is -1.95. The molecule has 2 aromatic rings. The maximum atomic E-state index is 10.9. The fraction of sp³-hybridized carbons (Fsp3) is 0. The maximum Gasteiger partial charge on any atom is 0.339 e. The van der Waals surface area contributed by atoms with Crippen molar-refractivity contribution in [2.75, 3.05) is 5.32 Å². The molecule has 1 radical (unpaired) electrons. The van der Waals surface area contributed by atoms with Crippen molar-refractivity contribution in [3.05, 3.63) is 48.0 Å². The van der Waals surface area contributed by atoms with E-state index >= 15 is 0 Å². The van der Waals surface area contributed by atoms with Gasteiger partial charge in [-0.1, -0.05) is 0 Å². The van der Waals surface area contributed by atoms with Crippen LogP contribution in [-0.2, 0) is 4.79 Å². The van der Waals surface area contributed by atoms with E-state index in [1.807, 2.05) is 0 Å². The molecule has 2 aromatic carbocycles. The van der Waals surface area contributed by atoms with Crippen molar-refractivity contribution < 1.29 is 19.8 Å². The largest absolute Gasteiger partial charge is 0.507 e. The Morgan fingerprint density at radius 2 is 1.67 bits per heavy atom. The van der Waals surface area contributed by atoms with Crippen LogP contribution in [0.4, 0.5) is 17.1 Å². The van der Waals surface area contributed by atoms with Crippen LogP contribution in [0, 0.1) is 0 Å². The quantitative estimate of drug-likeness (QED) is 0.578. The molecule has 2 rings (SSSR count). The number of nitrogens with one attached hydrogen (secondary N) is 1. The van der Waals surface area contributed by atoms with Gasteiger partial charge >= 0.3 is 12.4 Å². The van der Waals surface area contributed by atoms with E-state index in [1.54, 1.807) is 30.7 Å². The lowest BCUT2D eigenvalue weighted by atomic mass is 10.2. The molecule has 0 saturated heterocycles. The molecule has 7 heteroatoms. The molecule has 0 aromatic heterocycles. The standard InChI is InChI=1S/C14H10N3O4/c18-8-15-9-1-3-10(4-2-9)16-17-11-5-6-13(19)12(7-11)14(20)21/h1-7,19H,(H,15,18)(H,20,21)/b17-16+. The Labute approximate surface area is 119 Å². The summed E-state index contributed by atoms with van der Waals surface area (Å²) in [6.45, 7) is 0. The summed E-state index contributed by atoms with van der Waals surface area (Å²) in [5.74, 6) is -1.58. The molecule has 0 aliphatic carbocycles. The lowest BCUT2D eigenvalue weighted by molar-refractivity contribution is 0.0694. The summed E-state index contributed by atoms with van der Waals surface area (Å²) in [5.41, 5.74) is 1.15. The summed E-state index contributed by atoms with van der Waals surface area (Å²) >= 11 is 0. The van der Waals surface area contributed by atoms with Crippen LogP contribution < -0.4 is 5.32 Å². The molecule has 0 saturated carbocycles.